The Morgan fingerprint density at radius 1 is 0.691 bits per heavy atom. The molecule has 1 aliphatic rings. The third-order valence-corrected chi connectivity index (χ3v) is 8.49. The fourth-order valence-electron chi connectivity index (χ4n) is 5.29. The van der Waals surface area contributed by atoms with Gasteiger partial charge >= 0.3 is 23.9 Å². The molecule has 0 radical (unpaired) electrons. The standard InChI is InChI=1S/C36H49N7O12/c1-22(2)13-28-37-21-38-43(28)15-26-11-9-25(10-12-26)14-27-36(51)55-24(4)35(50)41(7)16-31(46)52-19-29(44)39(5)18-33(48)54-23(3)34(49)40(6)17-32(47)53-20-30(45)42(27)8/h9-12,21-24,27H,13-20H2,1-8H3. The van der Waals surface area contributed by atoms with Gasteiger partial charge in [-0.3, -0.25) is 33.6 Å². The van der Waals surface area contributed by atoms with Crippen molar-refractivity contribution in [3.63, 3.8) is 0 Å². The maximum Gasteiger partial charge on any atom is 0.329 e. The highest BCUT2D eigenvalue weighted by Crippen LogP contribution is 2.15. The van der Waals surface area contributed by atoms with Gasteiger partial charge in [0.1, 0.15) is 37.8 Å². The summed E-state index contributed by atoms with van der Waals surface area (Å²) in [5.41, 5.74) is 1.53. The number of nitrogens with zero attached hydrogens (tertiary/aromatic N) is 7. The summed E-state index contributed by atoms with van der Waals surface area (Å²) >= 11 is 0. The fraction of sp³-hybridized carbons (Fsp3) is 0.556. The molecular formula is C36H49N7O12. The van der Waals surface area contributed by atoms with E-state index in [0.29, 0.717) is 18.0 Å². The van der Waals surface area contributed by atoms with Gasteiger partial charge in [0.25, 0.3) is 23.6 Å². The number of cyclic esters (lactones) is 4. The van der Waals surface area contributed by atoms with Crippen LogP contribution in [-0.2, 0) is 76.7 Å². The van der Waals surface area contributed by atoms with Crippen LogP contribution in [0.1, 0.15) is 44.6 Å². The van der Waals surface area contributed by atoms with E-state index in [1.54, 1.807) is 16.8 Å². The molecule has 3 atom stereocenters. The number of esters is 4. The lowest BCUT2D eigenvalue weighted by Crippen LogP contribution is -2.49. The fourth-order valence-corrected chi connectivity index (χ4v) is 5.29. The average Bonchev–Trinajstić information content (AvgIpc) is 3.55. The van der Waals surface area contributed by atoms with Gasteiger partial charge in [-0.2, -0.15) is 5.10 Å². The normalized spacial score (nSPS) is 21.3. The first-order valence-electron chi connectivity index (χ1n) is 17.5. The van der Waals surface area contributed by atoms with E-state index in [1.807, 2.05) is 12.1 Å². The largest absolute Gasteiger partial charge is 0.454 e. The van der Waals surface area contributed by atoms with Crippen molar-refractivity contribution in [3.8, 4) is 0 Å². The van der Waals surface area contributed by atoms with Crippen LogP contribution in [0.15, 0.2) is 30.6 Å². The lowest BCUT2D eigenvalue weighted by atomic mass is 10.0. The summed E-state index contributed by atoms with van der Waals surface area (Å²) in [4.78, 5) is 111. The van der Waals surface area contributed by atoms with Gasteiger partial charge in [-0.25, -0.2) is 14.5 Å². The Hall–Kier alpha value is -5.88. The predicted octanol–water partition coefficient (Wildman–Crippen LogP) is -0.767. The summed E-state index contributed by atoms with van der Waals surface area (Å²) in [5, 5.41) is 4.32. The molecule has 0 N–H and O–H groups in total. The van der Waals surface area contributed by atoms with Crippen molar-refractivity contribution in [1.29, 1.82) is 0 Å². The number of carbonyl (C=O) groups is 8. The zero-order valence-corrected chi connectivity index (χ0v) is 32.4. The van der Waals surface area contributed by atoms with Gasteiger partial charge in [-0.15, -0.1) is 0 Å². The van der Waals surface area contributed by atoms with E-state index < -0.39 is 98.6 Å². The van der Waals surface area contributed by atoms with Crippen molar-refractivity contribution in [2.45, 2.75) is 65.3 Å². The zero-order valence-electron chi connectivity index (χ0n) is 32.4. The number of amides is 4. The maximum atomic E-state index is 13.7. The second-order valence-corrected chi connectivity index (χ2v) is 13.6. The molecule has 0 bridgehead atoms. The van der Waals surface area contributed by atoms with Crippen molar-refractivity contribution in [3.05, 3.63) is 47.5 Å². The van der Waals surface area contributed by atoms with Crippen LogP contribution >= 0.6 is 0 Å². The maximum absolute atomic E-state index is 13.7. The predicted molar refractivity (Wildman–Crippen MR) is 190 cm³/mol. The van der Waals surface area contributed by atoms with Crippen LogP contribution in [0.5, 0.6) is 0 Å². The van der Waals surface area contributed by atoms with Gasteiger partial charge in [0.05, 0.1) is 6.54 Å². The monoisotopic (exact) mass is 771 g/mol. The number of benzene rings is 1. The highest BCUT2D eigenvalue weighted by atomic mass is 16.6. The van der Waals surface area contributed by atoms with Crippen LogP contribution in [-0.4, -0.2) is 161 Å². The van der Waals surface area contributed by atoms with Crippen molar-refractivity contribution in [2.75, 3.05) is 61.0 Å². The van der Waals surface area contributed by atoms with Gasteiger partial charge in [0.2, 0.25) is 0 Å². The molecule has 1 saturated heterocycles. The van der Waals surface area contributed by atoms with E-state index >= 15 is 0 Å². The lowest BCUT2D eigenvalue weighted by molar-refractivity contribution is -0.167. The number of carbonyl (C=O) groups excluding carboxylic acids is 8. The molecule has 0 aliphatic carbocycles. The molecular weight excluding hydrogens is 722 g/mol. The van der Waals surface area contributed by atoms with E-state index in [4.69, 9.17) is 18.9 Å². The average molecular weight is 772 g/mol. The SMILES string of the molecule is CC(C)Cc1ncnn1Cc1ccc(CC2C(=O)OC(C)C(=O)N(C)CC(=O)OCC(=O)N(C)CC(=O)OC(C)C(=O)N(C)CC(=O)OCC(=O)N2C)cc1. The molecule has 1 fully saturated rings. The van der Waals surface area contributed by atoms with E-state index in [9.17, 15) is 38.4 Å². The third kappa shape index (κ3) is 13.2. The van der Waals surface area contributed by atoms with Crippen LogP contribution in [0.4, 0.5) is 0 Å². The molecule has 19 heteroatoms. The first-order valence-corrected chi connectivity index (χ1v) is 17.5. The minimum atomic E-state index is -1.42. The molecule has 300 valence electrons. The van der Waals surface area contributed by atoms with E-state index in [0.717, 1.165) is 37.4 Å². The molecule has 1 aromatic carbocycles. The van der Waals surface area contributed by atoms with Gasteiger partial charge in [0.15, 0.2) is 25.4 Å². The summed E-state index contributed by atoms with van der Waals surface area (Å²) in [6.45, 7) is 3.79. The molecule has 2 aromatic rings. The molecule has 0 spiro atoms. The van der Waals surface area contributed by atoms with Gasteiger partial charge in [-0.1, -0.05) is 38.1 Å². The lowest BCUT2D eigenvalue weighted by Gasteiger charge is -2.29. The van der Waals surface area contributed by atoms with Crippen molar-refractivity contribution < 1.29 is 57.3 Å². The van der Waals surface area contributed by atoms with Crippen molar-refractivity contribution in [1.82, 2.24) is 34.4 Å². The van der Waals surface area contributed by atoms with Gasteiger partial charge < -0.3 is 38.5 Å². The number of hydrogen-bond donors (Lipinski definition) is 0. The Balaban J connectivity index is 1.83. The second-order valence-electron chi connectivity index (χ2n) is 13.6. The second kappa shape index (κ2) is 20.0. The third-order valence-electron chi connectivity index (χ3n) is 8.49. The van der Waals surface area contributed by atoms with E-state index in [-0.39, 0.29) is 6.42 Å². The summed E-state index contributed by atoms with van der Waals surface area (Å²) in [7, 11) is 5.06. The summed E-state index contributed by atoms with van der Waals surface area (Å²) in [6, 6.07) is 5.93. The van der Waals surface area contributed by atoms with Crippen LogP contribution in [0.3, 0.4) is 0 Å². The van der Waals surface area contributed by atoms with Gasteiger partial charge in [0, 0.05) is 41.0 Å². The Labute approximate surface area is 318 Å². The molecule has 4 amide bonds. The Morgan fingerprint density at radius 2 is 1.20 bits per heavy atom. The molecule has 3 unspecified atom stereocenters. The minimum Gasteiger partial charge on any atom is -0.454 e. The van der Waals surface area contributed by atoms with Crippen LogP contribution in [0.25, 0.3) is 0 Å². The summed E-state index contributed by atoms with van der Waals surface area (Å²) in [6.07, 6.45) is -0.578. The number of aromatic nitrogens is 3. The number of likely N-dealkylation sites (N-methyl/N-ethyl adjacent to an activating group) is 4. The molecule has 1 aliphatic heterocycles. The molecule has 2 heterocycles. The Morgan fingerprint density at radius 3 is 1.76 bits per heavy atom. The van der Waals surface area contributed by atoms with Crippen LogP contribution < -0.4 is 0 Å². The van der Waals surface area contributed by atoms with E-state index in [1.165, 1.54) is 48.4 Å². The first kappa shape index (κ1) is 43.5. The molecule has 0 saturated carbocycles. The number of hydrogen-bond acceptors (Lipinski definition) is 14. The highest BCUT2D eigenvalue weighted by Gasteiger charge is 2.33. The summed E-state index contributed by atoms with van der Waals surface area (Å²) in [5.74, 6) is -5.74. The van der Waals surface area contributed by atoms with Crippen molar-refractivity contribution >= 4 is 47.5 Å². The molecule has 1 aromatic heterocycles. The van der Waals surface area contributed by atoms with Crippen LogP contribution in [0.2, 0.25) is 0 Å². The Kier molecular flexibility index (Phi) is 15.8. The quantitative estimate of drug-likeness (QED) is 0.261. The van der Waals surface area contributed by atoms with Crippen molar-refractivity contribution in [2.24, 2.45) is 5.92 Å². The smallest absolute Gasteiger partial charge is 0.329 e. The Bertz CT molecular complexity index is 1730. The van der Waals surface area contributed by atoms with E-state index in [2.05, 4.69) is 23.9 Å². The molecule has 55 heavy (non-hydrogen) atoms. The number of rotatable bonds is 6. The topological polar surface area (TPSA) is 217 Å². The molecule has 19 nitrogen and oxygen atoms in total. The van der Waals surface area contributed by atoms with Gasteiger partial charge in [-0.05, 0) is 30.9 Å². The first-order chi connectivity index (χ1) is 25.9. The zero-order chi connectivity index (χ0) is 41.0. The molecule has 3 rings (SSSR count). The number of ether oxygens (including phenoxy) is 4. The minimum absolute atomic E-state index is 0.0589. The highest BCUT2D eigenvalue weighted by molar-refractivity contribution is 5.91. The summed E-state index contributed by atoms with van der Waals surface area (Å²) < 4.78 is 22.5. The van der Waals surface area contributed by atoms with Crippen LogP contribution in [0, 0.1) is 5.92 Å².